The lowest BCUT2D eigenvalue weighted by atomic mass is 9.94. The summed E-state index contributed by atoms with van der Waals surface area (Å²) in [6.45, 7) is 6.07. The summed E-state index contributed by atoms with van der Waals surface area (Å²) in [6.07, 6.45) is 3.88. The summed E-state index contributed by atoms with van der Waals surface area (Å²) >= 11 is 0. The van der Waals surface area contributed by atoms with Crippen LogP contribution in [-0.2, 0) is 6.42 Å². The van der Waals surface area contributed by atoms with Gasteiger partial charge in [0.2, 0.25) is 0 Å². The second-order valence-corrected chi connectivity index (χ2v) is 6.32. The van der Waals surface area contributed by atoms with Gasteiger partial charge in [-0.15, -0.1) is 0 Å². The second-order valence-electron chi connectivity index (χ2n) is 6.32. The number of nitrogens with one attached hydrogen (secondary N) is 1. The molecule has 3 nitrogen and oxygen atoms in total. The van der Waals surface area contributed by atoms with Gasteiger partial charge in [-0.3, -0.25) is 4.90 Å². The van der Waals surface area contributed by atoms with Crippen molar-refractivity contribution in [1.29, 1.82) is 0 Å². The summed E-state index contributed by atoms with van der Waals surface area (Å²) in [6, 6.07) is 9.87. The Morgan fingerprint density at radius 1 is 1.30 bits per heavy atom. The molecule has 110 valence electrons. The van der Waals surface area contributed by atoms with E-state index in [9.17, 15) is 0 Å². The van der Waals surface area contributed by atoms with E-state index in [0.29, 0.717) is 6.04 Å². The number of rotatable bonds is 4. The number of methoxy groups -OCH3 is 1. The van der Waals surface area contributed by atoms with Crippen LogP contribution in [0.15, 0.2) is 24.3 Å². The molecule has 3 heteroatoms. The lowest BCUT2D eigenvalue weighted by molar-refractivity contribution is 0.246. The van der Waals surface area contributed by atoms with Crippen molar-refractivity contribution >= 4 is 0 Å². The van der Waals surface area contributed by atoms with E-state index in [4.69, 9.17) is 4.74 Å². The average molecular weight is 274 g/mol. The Balaban J connectivity index is 1.57. The van der Waals surface area contributed by atoms with Crippen LogP contribution in [0.4, 0.5) is 0 Å². The molecule has 0 spiro atoms. The van der Waals surface area contributed by atoms with E-state index >= 15 is 0 Å². The molecule has 0 amide bonds. The fraction of sp³-hybridized carbons (Fsp3) is 0.647. The minimum atomic E-state index is 0.621. The lowest BCUT2D eigenvalue weighted by Gasteiger charge is -2.25. The number of benzene rings is 1. The monoisotopic (exact) mass is 274 g/mol. The zero-order valence-corrected chi connectivity index (χ0v) is 12.6. The Kier molecular flexibility index (Phi) is 4.27. The first-order valence-electron chi connectivity index (χ1n) is 7.86. The van der Waals surface area contributed by atoms with E-state index in [2.05, 4.69) is 41.4 Å². The highest BCUT2D eigenvalue weighted by atomic mass is 16.5. The lowest BCUT2D eigenvalue weighted by Crippen LogP contribution is -2.41. The van der Waals surface area contributed by atoms with Crippen molar-refractivity contribution in [2.45, 2.75) is 38.3 Å². The molecule has 20 heavy (non-hydrogen) atoms. The summed E-state index contributed by atoms with van der Waals surface area (Å²) in [4.78, 5) is 2.66. The number of nitrogens with zero attached hydrogens (tertiary/aromatic N) is 1. The summed E-state index contributed by atoms with van der Waals surface area (Å²) in [7, 11) is 1.72. The largest absolute Gasteiger partial charge is 0.497 e. The Hall–Kier alpha value is -1.06. The van der Waals surface area contributed by atoms with E-state index in [0.717, 1.165) is 24.1 Å². The van der Waals surface area contributed by atoms with Gasteiger partial charge in [0.05, 0.1) is 7.11 Å². The molecule has 1 aromatic rings. The first-order chi connectivity index (χ1) is 9.76. The minimum Gasteiger partial charge on any atom is -0.497 e. The molecule has 0 saturated carbocycles. The van der Waals surface area contributed by atoms with Crippen LogP contribution in [0.1, 0.15) is 25.3 Å². The normalized spacial score (nSPS) is 28.1. The summed E-state index contributed by atoms with van der Waals surface area (Å²) in [5.74, 6) is 1.82. The van der Waals surface area contributed by atoms with Crippen molar-refractivity contribution in [2.24, 2.45) is 5.92 Å². The minimum absolute atomic E-state index is 0.621. The molecule has 1 aromatic carbocycles. The maximum Gasteiger partial charge on any atom is 0.118 e. The molecule has 1 N–H and O–H groups in total. The van der Waals surface area contributed by atoms with Crippen molar-refractivity contribution in [3.63, 3.8) is 0 Å². The third kappa shape index (κ3) is 2.99. The van der Waals surface area contributed by atoms with Crippen LogP contribution in [0.25, 0.3) is 0 Å². The highest BCUT2D eigenvalue weighted by Crippen LogP contribution is 2.27. The van der Waals surface area contributed by atoms with Crippen LogP contribution in [0.2, 0.25) is 0 Å². The van der Waals surface area contributed by atoms with E-state index in [1.54, 1.807) is 7.11 Å². The average Bonchev–Trinajstić information content (AvgIpc) is 2.92. The van der Waals surface area contributed by atoms with Gasteiger partial charge >= 0.3 is 0 Å². The first kappa shape index (κ1) is 13.9. The van der Waals surface area contributed by atoms with Gasteiger partial charge in [-0.25, -0.2) is 0 Å². The highest BCUT2D eigenvalue weighted by molar-refractivity contribution is 5.27. The van der Waals surface area contributed by atoms with Gasteiger partial charge in [0.15, 0.2) is 0 Å². The predicted molar refractivity (Wildman–Crippen MR) is 82.2 cm³/mol. The number of ether oxygens (including phenoxy) is 1. The molecule has 0 aromatic heterocycles. The van der Waals surface area contributed by atoms with Gasteiger partial charge in [-0.05, 0) is 56.3 Å². The molecule has 2 aliphatic heterocycles. The van der Waals surface area contributed by atoms with E-state index < -0.39 is 0 Å². The maximum atomic E-state index is 5.22. The fourth-order valence-corrected chi connectivity index (χ4v) is 3.67. The number of hydrogen-bond donors (Lipinski definition) is 1. The molecule has 0 aliphatic carbocycles. The van der Waals surface area contributed by atoms with Crippen molar-refractivity contribution < 1.29 is 4.74 Å². The van der Waals surface area contributed by atoms with Crippen LogP contribution in [-0.4, -0.2) is 43.7 Å². The standard InChI is InChI=1S/C17H26N2O/c1-13(10-14-5-7-16(20-2)8-6-14)19-11-15-4-3-9-18-17(15)12-19/h5-8,13,15,17-18H,3-4,9-12H2,1-2H3/t13?,15-,17+/m0/s1. The maximum absolute atomic E-state index is 5.22. The molecule has 1 unspecified atom stereocenters. The third-order valence-electron chi connectivity index (χ3n) is 4.94. The van der Waals surface area contributed by atoms with Gasteiger partial charge < -0.3 is 10.1 Å². The molecule has 3 atom stereocenters. The fourth-order valence-electron chi connectivity index (χ4n) is 3.67. The number of piperidine rings is 1. The van der Waals surface area contributed by atoms with Crippen LogP contribution < -0.4 is 10.1 Å². The van der Waals surface area contributed by atoms with E-state index in [-0.39, 0.29) is 0 Å². The van der Waals surface area contributed by atoms with Gasteiger partial charge in [0.25, 0.3) is 0 Å². The van der Waals surface area contributed by atoms with Crippen LogP contribution >= 0.6 is 0 Å². The molecule has 2 saturated heterocycles. The van der Waals surface area contributed by atoms with E-state index in [1.165, 1.54) is 38.0 Å². The molecule has 2 fully saturated rings. The predicted octanol–water partition coefficient (Wildman–Crippen LogP) is 2.31. The number of fused-ring (bicyclic) bond motifs is 1. The Labute approximate surface area is 122 Å². The zero-order chi connectivity index (χ0) is 13.9. The first-order valence-corrected chi connectivity index (χ1v) is 7.86. The molecular weight excluding hydrogens is 248 g/mol. The van der Waals surface area contributed by atoms with Gasteiger partial charge in [0.1, 0.15) is 5.75 Å². The van der Waals surface area contributed by atoms with Gasteiger partial charge in [-0.2, -0.15) is 0 Å². The summed E-state index contributed by atoms with van der Waals surface area (Å²) in [5, 5.41) is 3.69. The Morgan fingerprint density at radius 2 is 2.10 bits per heavy atom. The summed E-state index contributed by atoms with van der Waals surface area (Å²) < 4.78 is 5.22. The van der Waals surface area contributed by atoms with Crippen molar-refractivity contribution in [3.05, 3.63) is 29.8 Å². The second kappa shape index (κ2) is 6.15. The number of hydrogen-bond acceptors (Lipinski definition) is 3. The Morgan fingerprint density at radius 3 is 2.80 bits per heavy atom. The topological polar surface area (TPSA) is 24.5 Å². The molecule has 2 heterocycles. The van der Waals surface area contributed by atoms with Crippen molar-refractivity contribution in [1.82, 2.24) is 10.2 Å². The van der Waals surface area contributed by atoms with Crippen molar-refractivity contribution in [3.8, 4) is 5.75 Å². The molecule has 2 aliphatic rings. The molecular formula is C17H26N2O. The van der Waals surface area contributed by atoms with Crippen LogP contribution in [0.3, 0.4) is 0 Å². The quantitative estimate of drug-likeness (QED) is 0.912. The van der Waals surface area contributed by atoms with Gasteiger partial charge in [-0.1, -0.05) is 12.1 Å². The molecule has 3 rings (SSSR count). The van der Waals surface area contributed by atoms with Gasteiger partial charge in [0, 0.05) is 25.2 Å². The summed E-state index contributed by atoms with van der Waals surface area (Å²) in [5.41, 5.74) is 1.40. The van der Waals surface area contributed by atoms with Crippen molar-refractivity contribution in [2.75, 3.05) is 26.7 Å². The number of likely N-dealkylation sites (tertiary alicyclic amines) is 1. The molecule has 0 bridgehead atoms. The van der Waals surface area contributed by atoms with E-state index in [1.807, 2.05) is 0 Å². The SMILES string of the molecule is COc1ccc(CC(C)N2C[C@@H]3CCCN[C@@H]3C2)cc1. The zero-order valence-electron chi connectivity index (χ0n) is 12.6. The molecule has 0 radical (unpaired) electrons. The Bertz CT molecular complexity index is 417. The smallest absolute Gasteiger partial charge is 0.118 e. The van der Waals surface area contributed by atoms with Crippen LogP contribution in [0, 0.1) is 5.92 Å². The van der Waals surface area contributed by atoms with Crippen LogP contribution in [0.5, 0.6) is 5.75 Å². The highest BCUT2D eigenvalue weighted by Gasteiger charge is 2.35. The third-order valence-corrected chi connectivity index (χ3v) is 4.94.